The van der Waals surface area contributed by atoms with Crippen molar-refractivity contribution < 1.29 is 9.53 Å². The van der Waals surface area contributed by atoms with E-state index in [1.165, 1.54) is 16.8 Å². The van der Waals surface area contributed by atoms with Crippen molar-refractivity contribution in [3.63, 3.8) is 0 Å². The Morgan fingerprint density at radius 1 is 1.23 bits per heavy atom. The largest absolute Gasteiger partial charge is 0.488 e. The minimum atomic E-state index is -0.472. The summed E-state index contributed by atoms with van der Waals surface area (Å²) in [6.45, 7) is 2.43. The quantitative estimate of drug-likeness (QED) is 0.617. The normalized spacial score (nSPS) is 17.1. The van der Waals surface area contributed by atoms with E-state index in [9.17, 15) is 4.79 Å². The number of rotatable bonds is 6. The highest BCUT2D eigenvalue weighted by Crippen LogP contribution is 2.32. The number of nitrogens with one attached hydrogen (secondary N) is 1. The molecule has 0 unspecified atom stereocenters. The molecule has 0 atom stereocenters. The predicted molar refractivity (Wildman–Crippen MR) is 122 cm³/mol. The summed E-state index contributed by atoms with van der Waals surface area (Å²) < 4.78 is 5.96. The molecule has 6 nitrogen and oxygen atoms in total. The zero-order chi connectivity index (χ0) is 21.1. The number of hydrogen-bond acceptors (Lipinski definition) is 5. The molecule has 2 heterocycles. The Morgan fingerprint density at radius 3 is 2.80 bits per heavy atom. The third-order valence-corrected chi connectivity index (χ3v) is 5.67. The van der Waals surface area contributed by atoms with Gasteiger partial charge in [-0.15, -0.1) is 0 Å². The van der Waals surface area contributed by atoms with Gasteiger partial charge in [0.25, 0.3) is 5.91 Å². The van der Waals surface area contributed by atoms with Gasteiger partial charge >= 0.3 is 0 Å². The van der Waals surface area contributed by atoms with Crippen LogP contribution in [0, 0.1) is 5.41 Å². The van der Waals surface area contributed by atoms with E-state index in [4.69, 9.17) is 21.7 Å². The van der Waals surface area contributed by atoms with Crippen LogP contribution in [-0.2, 0) is 11.4 Å². The zero-order valence-corrected chi connectivity index (χ0v) is 17.8. The lowest BCUT2D eigenvalue weighted by Crippen LogP contribution is -2.35. The molecule has 0 bridgehead atoms. The van der Waals surface area contributed by atoms with E-state index in [0.29, 0.717) is 28.1 Å². The number of amides is 1. The van der Waals surface area contributed by atoms with E-state index < -0.39 is 5.91 Å². The van der Waals surface area contributed by atoms with Gasteiger partial charge in [-0.05, 0) is 54.4 Å². The Kier molecular flexibility index (Phi) is 6.01. The second-order valence-electron chi connectivity index (χ2n) is 6.72. The van der Waals surface area contributed by atoms with Gasteiger partial charge in [-0.3, -0.25) is 10.2 Å². The van der Waals surface area contributed by atoms with Crippen molar-refractivity contribution >= 4 is 51.4 Å². The number of halogens is 1. The number of benzene rings is 2. The fourth-order valence-electron chi connectivity index (χ4n) is 3.00. The number of nitrogens with zero attached hydrogens (tertiary/aromatic N) is 3. The van der Waals surface area contributed by atoms with Crippen molar-refractivity contribution in [1.29, 1.82) is 5.41 Å². The molecule has 1 amide bonds. The predicted octanol–water partition coefficient (Wildman–Crippen LogP) is 5.34. The van der Waals surface area contributed by atoms with Crippen molar-refractivity contribution in [1.82, 2.24) is 5.01 Å². The zero-order valence-electron chi connectivity index (χ0n) is 16.3. The van der Waals surface area contributed by atoms with Crippen molar-refractivity contribution in [3.8, 4) is 5.75 Å². The molecule has 152 valence electrons. The molecular formula is C22H19ClN4O2S. The van der Waals surface area contributed by atoms with Crippen LogP contribution < -0.4 is 4.74 Å². The summed E-state index contributed by atoms with van der Waals surface area (Å²) in [5, 5.41) is 16.1. The fourth-order valence-corrected chi connectivity index (χ4v) is 4.17. The average molecular weight is 439 g/mol. The Morgan fingerprint density at radius 2 is 2.03 bits per heavy atom. The van der Waals surface area contributed by atoms with Gasteiger partial charge < -0.3 is 4.74 Å². The molecular weight excluding hydrogens is 420 g/mol. The topological polar surface area (TPSA) is 78.1 Å². The number of thioether (sulfide) groups is 1. The first-order chi connectivity index (χ1) is 14.5. The van der Waals surface area contributed by atoms with Crippen LogP contribution in [0.1, 0.15) is 30.9 Å². The van der Waals surface area contributed by atoms with Crippen molar-refractivity contribution in [3.05, 3.63) is 70.3 Å². The molecule has 8 heteroatoms. The van der Waals surface area contributed by atoms with Gasteiger partial charge in [0, 0.05) is 10.6 Å². The van der Waals surface area contributed by atoms with E-state index in [2.05, 4.69) is 17.0 Å². The van der Waals surface area contributed by atoms with Crippen LogP contribution in [0.15, 0.2) is 64.2 Å². The number of hydrogen-bond donors (Lipinski definition) is 1. The van der Waals surface area contributed by atoms with Crippen LogP contribution in [0.4, 0.5) is 0 Å². The van der Waals surface area contributed by atoms with Gasteiger partial charge in [-0.2, -0.15) is 15.1 Å². The maximum Gasteiger partial charge on any atom is 0.283 e. The van der Waals surface area contributed by atoms with E-state index in [1.807, 2.05) is 30.3 Å². The Hall–Kier alpha value is -2.90. The Balaban J connectivity index is 1.63. The average Bonchev–Trinajstić information content (AvgIpc) is 3.14. The summed E-state index contributed by atoms with van der Waals surface area (Å²) in [5.41, 5.74) is 1.77. The molecule has 4 rings (SSSR count). The summed E-state index contributed by atoms with van der Waals surface area (Å²) in [5.74, 6) is 0.0929. The molecule has 0 spiro atoms. The third-order valence-electron chi connectivity index (χ3n) is 4.47. The van der Waals surface area contributed by atoms with Crippen LogP contribution >= 0.6 is 23.4 Å². The highest BCUT2D eigenvalue weighted by Gasteiger charge is 2.35. The lowest BCUT2D eigenvalue weighted by atomic mass is 10.1. The summed E-state index contributed by atoms with van der Waals surface area (Å²) in [7, 11) is 0. The van der Waals surface area contributed by atoms with Gasteiger partial charge in [0.05, 0.1) is 5.57 Å². The molecule has 2 aromatic rings. The highest BCUT2D eigenvalue weighted by atomic mass is 35.5. The molecule has 0 saturated carbocycles. The molecule has 0 saturated heterocycles. The summed E-state index contributed by atoms with van der Waals surface area (Å²) in [6.07, 6.45) is 3.31. The van der Waals surface area contributed by atoms with Crippen molar-refractivity contribution in [2.75, 3.05) is 0 Å². The second-order valence-corrected chi connectivity index (χ2v) is 8.20. The van der Waals surface area contributed by atoms with Crippen LogP contribution in [0.5, 0.6) is 5.75 Å². The number of ether oxygens (including phenoxy) is 1. The van der Waals surface area contributed by atoms with Gasteiger partial charge in [0.2, 0.25) is 5.17 Å². The minimum Gasteiger partial charge on any atom is -0.488 e. The summed E-state index contributed by atoms with van der Waals surface area (Å²) in [6, 6.07) is 15.0. The van der Waals surface area contributed by atoms with E-state index in [1.54, 1.807) is 24.3 Å². The maximum atomic E-state index is 12.6. The number of carbonyl (C=O) groups is 1. The molecule has 2 aliphatic rings. The SMILES string of the molecule is CCCC1=NN2C(=N)/C(=C/c3cc(Cl)ccc3OCc3ccccc3)C(=O)N=C2S1. The lowest BCUT2D eigenvalue weighted by molar-refractivity contribution is -0.114. The Bertz CT molecular complexity index is 1100. The molecule has 2 aromatic carbocycles. The third kappa shape index (κ3) is 4.32. The summed E-state index contributed by atoms with van der Waals surface area (Å²) in [4.78, 5) is 16.8. The molecule has 1 N–H and O–H groups in total. The van der Waals surface area contributed by atoms with Gasteiger partial charge in [-0.25, -0.2) is 0 Å². The smallest absolute Gasteiger partial charge is 0.283 e. The second kappa shape index (κ2) is 8.85. The first kappa shape index (κ1) is 20.4. The number of carbonyl (C=O) groups excluding carboxylic acids is 1. The summed E-state index contributed by atoms with van der Waals surface area (Å²) >= 11 is 7.52. The van der Waals surface area contributed by atoms with E-state index in [0.717, 1.165) is 23.4 Å². The number of fused-ring (bicyclic) bond motifs is 1. The van der Waals surface area contributed by atoms with Crippen LogP contribution in [-0.4, -0.2) is 27.0 Å². The van der Waals surface area contributed by atoms with Gasteiger partial charge in [0.1, 0.15) is 17.4 Å². The monoisotopic (exact) mass is 438 g/mol. The fraction of sp³-hybridized carbons (Fsp3) is 0.182. The molecule has 2 aliphatic heterocycles. The Labute approximate surface area is 183 Å². The standard InChI is InChI=1S/C22H19ClN4O2S/c1-2-6-19-26-27-20(24)17(21(28)25-22(27)30-19)12-15-11-16(23)9-10-18(15)29-13-14-7-4-3-5-8-14/h3-5,7-12,24H,2,6,13H2,1H3/b17-12-,24-20?. The number of amidine groups is 2. The van der Waals surface area contributed by atoms with E-state index >= 15 is 0 Å². The maximum absolute atomic E-state index is 12.6. The molecule has 30 heavy (non-hydrogen) atoms. The van der Waals surface area contributed by atoms with Crippen molar-refractivity contribution in [2.45, 2.75) is 26.4 Å². The highest BCUT2D eigenvalue weighted by molar-refractivity contribution is 8.26. The number of aliphatic imine (C=N–C) groups is 1. The molecule has 0 aromatic heterocycles. The van der Waals surface area contributed by atoms with Gasteiger partial charge in [0.15, 0.2) is 5.84 Å². The molecule has 0 aliphatic carbocycles. The lowest BCUT2D eigenvalue weighted by Gasteiger charge is -2.20. The number of hydrazone groups is 1. The molecule has 0 radical (unpaired) electrons. The van der Waals surface area contributed by atoms with E-state index in [-0.39, 0.29) is 11.4 Å². The molecule has 0 fully saturated rings. The van der Waals surface area contributed by atoms with Crippen LogP contribution in [0.2, 0.25) is 5.02 Å². The minimum absolute atomic E-state index is 0.00223. The van der Waals surface area contributed by atoms with Crippen LogP contribution in [0.3, 0.4) is 0 Å². The first-order valence-corrected chi connectivity index (χ1v) is 10.7. The van der Waals surface area contributed by atoms with Crippen LogP contribution in [0.25, 0.3) is 6.08 Å². The van der Waals surface area contributed by atoms with Gasteiger partial charge in [-0.1, -0.05) is 48.9 Å². The van der Waals surface area contributed by atoms with Crippen molar-refractivity contribution in [2.24, 2.45) is 10.1 Å². The first-order valence-electron chi connectivity index (χ1n) is 9.50.